The lowest BCUT2D eigenvalue weighted by atomic mass is 10.1. The molecule has 0 N–H and O–H groups in total. The van der Waals surface area contributed by atoms with Gasteiger partial charge < -0.3 is 4.74 Å². The number of benzene rings is 2. The van der Waals surface area contributed by atoms with Crippen LogP contribution in [0.25, 0.3) is 16.7 Å². The summed E-state index contributed by atoms with van der Waals surface area (Å²) in [5.41, 5.74) is 3.48. The third-order valence-electron chi connectivity index (χ3n) is 3.91. The monoisotopic (exact) mass is 322 g/mol. The van der Waals surface area contributed by atoms with Crippen LogP contribution >= 0.6 is 0 Å². The van der Waals surface area contributed by atoms with E-state index in [4.69, 9.17) is 4.74 Å². The second kappa shape index (κ2) is 6.20. The lowest BCUT2D eigenvalue weighted by Crippen LogP contribution is -2.23. The molecule has 0 spiro atoms. The van der Waals surface area contributed by atoms with Gasteiger partial charge in [-0.25, -0.2) is 9.59 Å². The summed E-state index contributed by atoms with van der Waals surface area (Å²) < 4.78 is 8.03. The molecule has 5 heteroatoms. The standard InChI is InChI=1S/C19H18N2O3/c1-13(2)21-17-10-5-4-9-16(17)20(19(21)23)12-14-7-6-8-15(11-14)18(22)24-3/h4-11H,1,12H2,2-3H3. The number of para-hydroxylation sites is 2. The van der Waals surface area contributed by atoms with Crippen molar-refractivity contribution in [1.29, 1.82) is 0 Å². The van der Waals surface area contributed by atoms with E-state index >= 15 is 0 Å². The first-order valence-corrected chi connectivity index (χ1v) is 7.56. The predicted molar refractivity (Wildman–Crippen MR) is 94.1 cm³/mol. The van der Waals surface area contributed by atoms with E-state index in [2.05, 4.69) is 6.58 Å². The first-order chi connectivity index (χ1) is 11.5. The molecule has 122 valence electrons. The van der Waals surface area contributed by atoms with Crippen molar-refractivity contribution in [2.24, 2.45) is 0 Å². The van der Waals surface area contributed by atoms with Crippen molar-refractivity contribution in [2.75, 3.05) is 7.11 Å². The van der Waals surface area contributed by atoms with Crippen LogP contribution in [0.4, 0.5) is 0 Å². The van der Waals surface area contributed by atoms with Crippen LogP contribution in [0.1, 0.15) is 22.8 Å². The lowest BCUT2D eigenvalue weighted by Gasteiger charge is -2.06. The van der Waals surface area contributed by atoms with E-state index in [0.29, 0.717) is 17.8 Å². The highest BCUT2D eigenvalue weighted by atomic mass is 16.5. The summed E-state index contributed by atoms with van der Waals surface area (Å²) in [6, 6.07) is 14.7. The number of carbonyl (C=O) groups excluding carboxylic acids is 1. The third kappa shape index (κ3) is 2.65. The number of esters is 1. The summed E-state index contributed by atoms with van der Waals surface area (Å²) in [6.45, 7) is 6.06. The molecule has 2 aromatic carbocycles. The van der Waals surface area contributed by atoms with E-state index in [0.717, 1.165) is 16.6 Å². The number of methoxy groups -OCH3 is 1. The normalized spacial score (nSPS) is 10.8. The Hall–Kier alpha value is -3.08. The molecule has 3 rings (SSSR count). The van der Waals surface area contributed by atoms with E-state index < -0.39 is 5.97 Å². The maximum Gasteiger partial charge on any atom is 0.337 e. The van der Waals surface area contributed by atoms with E-state index in [1.165, 1.54) is 7.11 Å². The van der Waals surface area contributed by atoms with Gasteiger partial charge in [0.1, 0.15) is 0 Å². The van der Waals surface area contributed by atoms with Crippen molar-refractivity contribution in [1.82, 2.24) is 9.13 Å². The van der Waals surface area contributed by atoms with Crippen molar-refractivity contribution >= 4 is 22.7 Å². The third-order valence-corrected chi connectivity index (χ3v) is 3.91. The molecule has 1 heterocycles. The van der Waals surface area contributed by atoms with Crippen LogP contribution in [0.5, 0.6) is 0 Å². The highest BCUT2D eigenvalue weighted by Gasteiger charge is 2.14. The van der Waals surface area contributed by atoms with Gasteiger partial charge in [0.15, 0.2) is 0 Å². The van der Waals surface area contributed by atoms with Crippen molar-refractivity contribution in [3.8, 4) is 0 Å². The molecule has 0 saturated heterocycles. The van der Waals surface area contributed by atoms with Crippen LogP contribution in [0.2, 0.25) is 0 Å². The Morgan fingerprint density at radius 1 is 1.12 bits per heavy atom. The average Bonchev–Trinajstić information content (AvgIpc) is 2.86. The smallest absolute Gasteiger partial charge is 0.337 e. The molecule has 0 fully saturated rings. The second-order valence-electron chi connectivity index (χ2n) is 5.62. The van der Waals surface area contributed by atoms with Gasteiger partial charge in [-0.15, -0.1) is 0 Å². The molecule has 0 aliphatic carbocycles. The highest BCUT2D eigenvalue weighted by Crippen LogP contribution is 2.17. The van der Waals surface area contributed by atoms with Crippen LogP contribution < -0.4 is 5.69 Å². The maximum atomic E-state index is 12.8. The lowest BCUT2D eigenvalue weighted by molar-refractivity contribution is 0.0600. The first kappa shape index (κ1) is 15.8. The molecular formula is C19H18N2O3. The van der Waals surface area contributed by atoms with Gasteiger partial charge in [-0.05, 0) is 36.8 Å². The molecule has 3 aromatic rings. The molecule has 0 saturated carbocycles. The predicted octanol–water partition coefficient (Wildman–Crippen LogP) is 3.13. The molecule has 0 aliphatic rings. The van der Waals surface area contributed by atoms with E-state index in [9.17, 15) is 9.59 Å². The van der Waals surface area contributed by atoms with Gasteiger partial charge in [0, 0.05) is 5.70 Å². The Bertz CT molecular complexity index is 995. The van der Waals surface area contributed by atoms with Gasteiger partial charge in [0.2, 0.25) is 0 Å². The fourth-order valence-electron chi connectivity index (χ4n) is 2.83. The molecule has 0 amide bonds. The van der Waals surface area contributed by atoms with Gasteiger partial charge in [-0.3, -0.25) is 9.13 Å². The average molecular weight is 322 g/mol. The van der Waals surface area contributed by atoms with Crippen LogP contribution in [0.15, 0.2) is 59.9 Å². The summed E-state index contributed by atoms with van der Waals surface area (Å²) in [4.78, 5) is 24.5. The van der Waals surface area contributed by atoms with Gasteiger partial charge in [-0.2, -0.15) is 0 Å². The van der Waals surface area contributed by atoms with E-state index in [1.54, 1.807) is 34.3 Å². The number of hydrogen-bond acceptors (Lipinski definition) is 3. The fraction of sp³-hybridized carbons (Fsp3) is 0.158. The Balaban J connectivity index is 2.12. The number of allylic oxidation sites excluding steroid dienone is 1. The zero-order valence-electron chi connectivity index (χ0n) is 13.7. The Labute approximate surface area is 139 Å². The molecule has 0 unspecified atom stereocenters. The van der Waals surface area contributed by atoms with Crippen molar-refractivity contribution in [3.63, 3.8) is 0 Å². The first-order valence-electron chi connectivity index (χ1n) is 7.56. The van der Waals surface area contributed by atoms with Crippen LogP contribution in [-0.4, -0.2) is 22.2 Å². The largest absolute Gasteiger partial charge is 0.465 e. The van der Waals surface area contributed by atoms with Crippen molar-refractivity contribution in [3.05, 3.63) is 76.7 Å². The minimum Gasteiger partial charge on any atom is -0.465 e. The minimum absolute atomic E-state index is 0.146. The molecule has 0 aliphatic heterocycles. The number of carbonyl (C=O) groups is 1. The van der Waals surface area contributed by atoms with Gasteiger partial charge >= 0.3 is 11.7 Å². The number of nitrogens with zero attached hydrogens (tertiary/aromatic N) is 2. The SMILES string of the molecule is C=C(C)n1c(=O)n(Cc2cccc(C(=O)OC)c2)c2ccccc21. The molecule has 5 nitrogen and oxygen atoms in total. The number of rotatable bonds is 4. The highest BCUT2D eigenvalue weighted by molar-refractivity contribution is 5.89. The van der Waals surface area contributed by atoms with Gasteiger partial charge in [0.25, 0.3) is 0 Å². The topological polar surface area (TPSA) is 53.2 Å². The second-order valence-corrected chi connectivity index (χ2v) is 5.62. The molecule has 1 aromatic heterocycles. The number of hydrogen-bond donors (Lipinski definition) is 0. The summed E-state index contributed by atoms with van der Waals surface area (Å²) in [7, 11) is 1.35. The molecule has 0 bridgehead atoms. The van der Waals surface area contributed by atoms with Crippen molar-refractivity contribution in [2.45, 2.75) is 13.5 Å². The summed E-state index contributed by atoms with van der Waals surface area (Å²) in [6.07, 6.45) is 0. The number of aromatic nitrogens is 2. The summed E-state index contributed by atoms with van der Waals surface area (Å²) in [5, 5.41) is 0. The molecule has 0 radical (unpaired) electrons. The van der Waals surface area contributed by atoms with E-state index in [1.807, 2.05) is 30.3 Å². The zero-order valence-corrected chi connectivity index (χ0v) is 13.7. The summed E-state index contributed by atoms with van der Waals surface area (Å²) >= 11 is 0. The Morgan fingerprint density at radius 3 is 2.50 bits per heavy atom. The van der Waals surface area contributed by atoms with Gasteiger partial charge in [0.05, 0.1) is 30.3 Å². The van der Waals surface area contributed by atoms with E-state index in [-0.39, 0.29) is 5.69 Å². The Morgan fingerprint density at radius 2 is 1.83 bits per heavy atom. The van der Waals surface area contributed by atoms with Gasteiger partial charge in [-0.1, -0.05) is 30.8 Å². The molecular weight excluding hydrogens is 304 g/mol. The minimum atomic E-state index is -0.395. The van der Waals surface area contributed by atoms with Crippen LogP contribution in [0, 0.1) is 0 Å². The van der Waals surface area contributed by atoms with Crippen LogP contribution in [0.3, 0.4) is 0 Å². The summed E-state index contributed by atoms with van der Waals surface area (Å²) in [5.74, 6) is -0.395. The Kier molecular flexibility index (Phi) is 4.08. The van der Waals surface area contributed by atoms with Crippen LogP contribution in [-0.2, 0) is 11.3 Å². The molecule has 24 heavy (non-hydrogen) atoms. The fourth-order valence-corrected chi connectivity index (χ4v) is 2.83. The quantitative estimate of drug-likeness (QED) is 0.694. The van der Waals surface area contributed by atoms with Crippen molar-refractivity contribution < 1.29 is 9.53 Å². The zero-order chi connectivity index (χ0) is 17.3. The number of imidazole rings is 1. The number of ether oxygens (including phenoxy) is 1. The maximum absolute atomic E-state index is 12.8. The molecule has 0 atom stereocenters. The number of fused-ring (bicyclic) bond motifs is 1.